The Morgan fingerprint density at radius 2 is 2.00 bits per heavy atom. The lowest BCUT2D eigenvalue weighted by atomic mass is 10.1. The molecule has 5 heteroatoms. The van der Waals surface area contributed by atoms with E-state index in [0.717, 1.165) is 0 Å². The minimum Gasteiger partial charge on any atom is -0.388 e. The summed E-state index contributed by atoms with van der Waals surface area (Å²) in [6.07, 6.45) is -4.08. The number of aliphatic hydroxyl groups is 3. The van der Waals surface area contributed by atoms with Gasteiger partial charge < -0.3 is 24.8 Å². The second kappa shape index (κ2) is 3.46. The Labute approximate surface area is 64.2 Å². The Balaban J connectivity index is 2.55. The molecule has 4 atom stereocenters. The second-order valence-electron chi connectivity index (χ2n) is 2.48. The maximum Gasteiger partial charge on any atom is 0.183 e. The third kappa shape index (κ3) is 1.69. The van der Waals surface area contributed by atoms with Crippen LogP contribution in [0.15, 0.2) is 0 Å². The molecule has 1 heterocycles. The average molecular weight is 164 g/mol. The minimum atomic E-state index is -1.26. The molecule has 1 saturated heterocycles. The SMILES string of the molecule is CO[C@@H]1[C@@H](O)[C@H](O)OC[C@@H]1O. The van der Waals surface area contributed by atoms with Crippen LogP contribution in [0.2, 0.25) is 0 Å². The standard InChI is InChI=1S/C6H12O5/c1-10-5-3(7)2-11-6(9)4(5)8/h3-9H,2H2,1H3/t3-,4+,5-,6+/m0/s1. The van der Waals surface area contributed by atoms with Crippen LogP contribution in [0, 0.1) is 0 Å². The van der Waals surface area contributed by atoms with Crippen LogP contribution < -0.4 is 0 Å². The van der Waals surface area contributed by atoms with Crippen molar-refractivity contribution in [2.24, 2.45) is 0 Å². The summed E-state index contributed by atoms with van der Waals surface area (Å²) >= 11 is 0. The zero-order valence-electron chi connectivity index (χ0n) is 6.17. The summed E-state index contributed by atoms with van der Waals surface area (Å²) in [5.41, 5.74) is 0. The van der Waals surface area contributed by atoms with Crippen molar-refractivity contribution in [1.29, 1.82) is 0 Å². The highest BCUT2D eigenvalue weighted by atomic mass is 16.6. The highest BCUT2D eigenvalue weighted by Gasteiger charge is 2.37. The van der Waals surface area contributed by atoms with E-state index in [2.05, 4.69) is 4.74 Å². The molecule has 0 aliphatic carbocycles. The van der Waals surface area contributed by atoms with E-state index in [9.17, 15) is 0 Å². The lowest BCUT2D eigenvalue weighted by molar-refractivity contribution is -0.257. The van der Waals surface area contributed by atoms with Crippen LogP contribution in [0.5, 0.6) is 0 Å². The zero-order valence-corrected chi connectivity index (χ0v) is 6.17. The first-order chi connectivity index (χ1) is 5.16. The average Bonchev–Trinajstić information content (AvgIpc) is 1.99. The van der Waals surface area contributed by atoms with Crippen molar-refractivity contribution >= 4 is 0 Å². The molecule has 3 N–H and O–H groups in total. The van der Waals surface area contributed by atoms with E-state index in [1.807, 2.05) is 0 Å². The summed E-state index contributed by atoms with van der Waals surface area (Å²) < 4.78 is 9.36. The molecular weight excluding hydrogens is 152 g/mol. The monoisotopic (exact) mass is 164 g/mol. The normalized spacial score (nSPS) is 45.8. The first kappa shape index (κ1) is 8.89. The summed E-state index contributed by atoms with van der Waals surface area (Å²) in [4.78, 5) is 0. The number of ether oxygens (including phenoxy) is 2. The van der Waals surface area contributed by atoms with Crippen molar-refractivity contribution in [2.45, 2.75) is 24.6 Å². The quantitative estimate of drug-likeness (QED) is 0.420. The van der Waals surface area contributed by atoms with Crippen LogP contribution in [-0.4, -0.2) is 53.6 Å². The fourth-order valence-electron chi connectivity index (χ4n) is 1.08. The van der Waals surface area contributed by atoms with Gasteiger partial charge in [0.25, 0.3) is 0 Å². The topological polar surface area (TPSA) is 79.2 Å². The zero-order chi connectivity index (χ0) is 8.43. The van der Waals surface area contributed by atoms with E-state index in [1.54, 1.807) is 0 Å². The summed E-state index contributed by atoms with van der Waals surface area (Å²) in [5, 5.41) is 27.2. The Morgan fingerprint density at radius 3 is 2.45 bits per heavy atom. The summed E-state index contributed by atoms with van der Waals surface area (Å²) in [7, 11) is 1.36. The smallest absolute Gasteiger partial charge is 0.183 e. The molecule has 0 aromatic rings. The highest BCUT2D eigenvalue weighted by Crippen LogP contribution is 2.15. The molecule has 1 fully saturated rings. The van der Waals surface area contributed by atoms with E-state index in [-0.39, 0.29) is 6.61 Å². The van der Waals surface area contributed by atoms with Crippen LogP contribution in [0.25, 0.3) is 0 Å². The highest BCUT2D eigenvalue weighted by molar-refractivity contribution is 4.82. The first-order valence-electron chi connectivity index (χ1n) is 3.35. The summed E-state index contributed by atoms with van der Waals surface area (Å²) in [6.45, 7) is -0.0171. The van der Waals surface area contributed by atoms with Crippen LogP contribution >= 0.6 is 0 Å². The van der Waals surface area contributed by atoms with Crippen molar-refractivity contribution < 1.29 is 24.8 Å². The fraction of sp³-hybridized carbons (Fsp3) is 1.00. The predicted octanol–water partition coefficient (Wildman–Crippen LogP) is -1.93. The molecule has 0 amide bonds. The molecule has 0 bridgehead atoms. The summed E-state index contributed by atoms with van der Waals surface area (Å²) in [5.74, 6) is 0. The van der Waals surface area contributed by atoms with Gasteiger partial charge in [0.15, 0.2) is 6.29 Å². The minimum absolute atomic E-state index is 0.0171. The number of aliphatic hydroxyl groups excluding tert-OH is 3. The molecular formula is C6H12O5. The van der Waals surface area contributed by atoms with Gasteiger partial charge in [-0.1, -0.05) is 0 Å². The number of methoxy groups -OCH3 is 1. The molecule has 0 unspecified atom stereocenters. The molecule has 1 aliphatic heterocycles. The van der Waals surface area contributed by atoms with Crippen molar-refractivity contribution in [1.82, 2.24) is 0 Å². The predicted molar refractivity (Wildman–Crippen MR) is 34.8 cm³/mol. The molecule has 0 radical (unpaired) electrons. The maximum absolute atomic E-state index is 9.15. The van der Waals surface area contributed by atoms with Gasteiger partial charge >= 0.3 is 0 Å². The number of hydrogen-bond donors (Lipinski definition) is 3. The summed E-state index contributed by atoms with van der Waals surface area (Å²) in [6, 6.07) is 0. The van der Waals surface area contributed by atoms with Gasteiger partial charge in [-0.3, -0.25) is 0 Å². The molecule has 1 rings (SSSR count). The van der Waals surface area contributed by atoms with Crippen LogP contribution in [0.4, 0.5) is 0 Å². The van der Waals surface area contributed by atoms with E-state index >= 15 is 0 Å². The third-order valence-corrected chi connectivity index (χ3v) is 1.72. The van der Waals surface area contributed by atoms with Crippen molar-refractivity contribution in [3.63, 3.8) is 0 Å². The number of rotatable bonds is 1. The van der Waals surface area contributed by atoms with Crippen molar-refractivity contribution in [2.75, 3.05) is 13.7 Å². The van der Waals surface area contributed by atoms with Crippen LogP contribution in [0.3, 0.4) is 0 Å². The first-order valence-corrected chi connectivity index (χ1v) is 3.35. The molecule has 0 aromatic carbocycles. The Morgan fingerprint density at radius 1 is 1.36 bits per heavy atom. The van der Waals surface area contributed by atoms with Crippen LogP contribution in [-0.2, 0) is 9.47 Å². The molecule has 0 spiro atoms. The largest absolute Gasteiger partial charge is 0.388 e. The van der Waals surface area contributed by atoms with Gasteiger partial charge in [0.1, 0.15) is 18.3 Å². The molecule has 11 heavy (non-hydrogen) atoms. The van der Waals surface area contributed by atoms with Gasteiger partial charge in [-0.05, 0) is 0 Å². The third-order valence-electron chi connectivity index (χ3n) is 1.72. The molecule has 5 nitrogen and oxygen atoms in total. The van der Waals surface area contributed by atoms with Crippen molar-refractivity contribution in [3.8, 4) is 0 Å². The fourth-order valence-corrected chi connectivity index (χ4v) is 1.08. The second-order valence-corrected chi connectivity index (χ2v) is 2.48. The van der Waals surface area contributed by atoms with Crippen molar-refractivity contribution in [3.05, 3.63) is 0 Å². The Bertz CT molecular complexity index is 128. The van der Waals surface area contributed by atoms with E-state index in [0.29, 0.717) is 0 Å². The Kier molecular flexibility index (Phi) is 2.80. The van der Waals surface area contributed by atoms with E-state index in [4.69, 9.17) is 20.1 Å². The van der Waals surface area contributed by atoms with Gasteiger partial charge in [-0.15, -0.1) is 0 Å². The van der Waals surface area contributed by atoms with Gasteiger partial charge in [0.05, 0.1) is 6.61 Å². The lowest BCUT2D eigenvalue weighted by Crippen LogP contribution is -2.53. The van der Waals surface area contributed by atoms with Gasteiger partial charge in [0, 0.05) is 7.11 Å². The maximum atomic E-state index is 9.15. The molecule has 0 saturated carbocycles. The van der Waals surface area contributed by atoms with E-state index in [1.165, 1.54) is 7.11 Å². The molecule has 66 valence electrons. The lowest BCUT2D eigenvalue weighted by Gasteiger charge is -2.34. The van der Waals surface area contributed by atoms with Gasteiger partial charge in [-0.25, -0.2) is 0 Å². The number of hydrogen-bond acceptors (Lipinski definition) is 5. The van der Waals surface area contributed by atoms with Gasteiger partial charge in [0.2, 0.25) is 0 Å². The van der Waals surface area contributed by atoms with E-state index < -0.39 is 24.6 Å². The molecule has 1 aliphatic rings. The Hall–Kier alpha value is -0.200. The molecule has 0 aromatic heterocycles. The van der Waals surface area contributed by atoms with Gasteiger partial charge in [-0.2, -0.15) is 0 Å². The van der Waals surface area contributed by atoms with Crippen LogP contribution in [0.1, 0.15) is 0 Å².